The molecule has 0 unspecified atom stereocenters. The SMILES string of the molecule is COc1ccc(F)cc1C(=O)Cc1cccc(Br)c1. The third-order valence-corrected chi connectivity index (χ3v) is 3.21. The number of carbonyl (C=O) groups is 1. The first-order chi connectivity index (χ1) is 9.10. The molecule has 0 aliphatic heterocycles. The second-order valence-corrected chi connectivity index (χ2v) is 4.99. The van der Waals surface area contributed by atoms with Gasteiger partial charge in [-0.3, -0.25) is 4.79 Å². The van der Waals surface area contributed by atoms with E-state index in [0.29, 0.717) is 5.75 Å². The number of benzene rings is 2. The topological polar surface area (TPSA) is 26.3 Å². The Morgan fingerprint density at radius 1 is 1.26 bits per heavy atom. The third kappa shape index (κ3) is 3.41. The highest BCUT2D eigenvalue weighted by molar-refractivity contribution is 9.10. The molecule has 0 N–H and O–H groups in total. The molecule has 0 radical (unpaired) electrons. The van der Waals surface area contributed by atoms with Crippen LogP contribution in [0.5, 0.6) is 5.75 Å². The molecule has 4 heteroatoms. The quantitative estimate of drug-likeness (QED) is 0.795. The molecule has 2 rings (SSSR count). The zero-order valence-electron chi connectivity index (χ0n) is 10.3. The Morgan fingerprint density at radius 2 is 2.05 bits per heavy atom. The number of halogens is 2. The molecular formula is C15H12BrFO2. The van der Waals surface area contributed by atoms with Gasteiger partial charge in [0.15, 0.2) is 5.78 Å². The number of Topliss-reactive ketones (excluding diaryl/α,β-unsaturated/α-hetero) is 1. The van der Waals surface area contributed by atoms with Crippen LogP contribution in [-0.4, -0.2) is 12.9 Å². The first kappa shape index (κ1) is 13.7. The summed E-state index contributed by atoms with van der Waals surface area (Å²) in [5.74, 6) is -0.228. The van der Waals surface area contributed by atoms with E-state index in [2.05, 4.69) is 15.9 Å². The van der Waals surface area contributed by atoms with Gasteiger partial charge in [0.05, 0.1) is 12.7 Å². The molecule has 0 aliphatic rings. The number of carbonyl (C=O) groups excluding carboxylic acids is 1. The molecule has 0 fully saturated rings. The summed E-state index contributed by atoms with van der Waals surface area (Å²) in [6.45, 7) is 0. The highest BCUT2D eigenvalue weighted by Crippen LogP contribution is 2.22. The van der Waals surface area contributed by atoms with Crippen LogP contribution in [-0.2, 0) is 6.42 Å². The van der Waals surface area contributed by atoms with Gasteiger partial charge >= 0.3 is 0 Å². The normalized spacial score (nSPS) is 10.3. The van der Waals surface area contributed by atoms with Crippen LogP contribution in [0.25, 0.3) is 0 Å². The molecule has 0 atom stereocenters. The predicted molar refractivity (Wildman–Crippen MR) is 75.1 cm³/mol. The summed E-state index contributed by atoms with van der Waals surface area (Å²) in [5, 5.41) is 0. The molecule has 0 spiro atoms. The highest BCUT2D eigenvalue weighted by atomic mass is 79.9. The zero-order valence-corrected chi connectivity index (χ0v) is 11.9. The number of rotatable bonds is 4. The van der Waals surface area contributed by atoms with Crippen molar-refractivity contribution in [1.29, 1.82) is 0 Å². The summed E-state index contributed by atoms with van der Waals surface area (Å²) in [6.07, 6.45) is 0.208. The fourth-order valence-corrected chi connectivity index (χ4v) is 2.27. The number of ether oxygens (including phenoxy) is 1. The van der Waals surface area contributed by atoms with E-state index >= 15 is 0 Å². The van der Waals surface area contributed by atoms with Crippen molar-refractivity contribution in [1.82, 2.24) is 0 Å². The summed E-state index contributed by atoms with van der Waals surface area (Å²) < 4.78 is 19.2. The van der Waals surface area contributed by atoms with E-state index in [1.807, 2.05) is 24.3 Å². The smallest absolute Gasteiger partial charge is 0.171 e. The van der Waals surface area contributed by atoms with Crippen molar-refractivity contribution in [3.8, 4) is 5.75 Å². The summed E-state index contributed by atoms with van der Waals surface area (Å²) in [5.41, 5.74) is 1.13. The van der Waals surface area contributed by atoms with Crippen LogP contribution in [0.2, 0.25) is 0 Å². The molecule has 2 aromatic rings. The molecule has 19 heavy (non-hydrogen) atoms. The fraction of sp³-hybridized carbons (Fsp3) is 0.133. The van der Waals surface area contributed by atoms with Crippen molar-refractivity contribution in [2.24, 2.45) is 0 Å². The Morgan fingerprint density at radius 3 is 2.74 bits per heavy atom. The molecule has 0 aromatic heterocycles. The van der Waals surface area contributed by atoms with Crippen molar-refractivity contribution in [2.75, 3.05) is 7.11 Å². The second-order valence-electron chi connectivity index (χ2n) is 4.07. The van der Waals surface area contributed by atoms with E-state index in [0.717, 1.165) is 10.0 Å². The number of ketones is 1. The van der Waals surface area contributed by atoms with Gasteiger partial charge in [-0.2, -0.15) is 0 Å². The maximum atomic E-state index is 13.2. The first-order valence-corrected chi connectivity index (χ1v) is 6.50. The minimum atomic E-state index is -0.446. The van der Waals surface area contributed by atoms with E-state index in [-0.39, 0.29) is 17.8 Å². The van der Waals surface area contributed by atoms with E-state index < -0.39 is 5.82 Å². The van der Waals surface area contributed by atoms with Crippen LogP contribution in [0.15, 0.2) is 46.9 Å². The van der Waals surface area contributed by atoms with E-state index in [4.69, 9.17) is 4.74 Å². The lowest BCUT2D eigenvalue weighted by Crippen LogP contribution is -2.06. The molecule has 0 aliphatic carbocycles. The second kappa shape index (κ2) is 5.97. The molecular weight excluding hydrogens is 311 g/mol. The molecule has 0 saturated heterocycles. The molecule has 0 bridgehead atoms. The van der Waals surface area contributed by atoms with Crippen molar-refractivity contribution in [3.63, 3.8) is 0 Å². The largest absolute Gasteiger partial charge is 0.496 e. The minimum Gasteiger partial charge on any atom is -0.496 e. The Balaban J connectivity index is 2.27. The van der Waals surface area contributed by atoms with Gasteiger partial charge in [-0.25, -0.2) is 4.39 Å². The van der Waals surface area contributed by atoms with Crippen molar-refractivity contribution in [2.45, 2.75) is 6.42 Å². The molecule has 2 aromatic carbocycles. The van der Waals surface area contributed by atoms with Crippen LogP contribution < -0.4 is 4.74 Å². The Bertz CT molecular complexity index is 611. The third-order valence-electron chi connectivity index (χ3n) is 2.72. The van der Waals surface area contributed by atoms with Crippen LogP contribution >= 0.6 is 15.9 Å². The minimum absolute atomic E-state index is 0.172. The van der Waals surface area contributed by atoms with Crippen molar-refractivity contribution < 1.29 is 13.9 Å². The predicted octanol–water partition coefficient (Wildman–Crippen LogP) is 4.02. The Labute approximate surface area is 119 Å². The lowest BCUT2D eigenvalue weighted by atomic mass is 10.0. The van der Waals surface area contributed by atoms with E-state index in [9.17, 15) is 9.18 Å². The Kier molecular flexibility index (Phi) is 4.32. The van der Waals surface area contributed by atoms with Crippen LogP contribution in [0.4, 0.5) is 4.39 Å². The van der Waals surface area contributed by atoms with Gasteiger partial charge in [0.2, 0.25) is 0 Å². The highest BCUT2D eigenvalue weighted by Gasteiger charge is 2.14. The van der Waals surface area contributed by atoms with Gasteiger partial charge in [0.25, 0.3) is 0 Å². The van der Waals surface area contributed by atoms with Gasteiger partial charge in [-0.1, -0.05) is 28.1 Å². The number of methoxy groups -OCH3 is 1. The lowest BCUT2D eigenvalue weighted by molar-refractivity contribution is 0.0989. The summed E-state index contributed by atoms with van der Waals surface area (Å²) in [7, 11) is 1.46. The van der Waals surface area contributed by atoms with Crippen LogP contribution in [0, 0.1) is 5.82 Å². The summed E-state index contributed by atoms with van der Waals surface area (Å²) in [4.78, 5) is 12.2. The van der Waals surface area contributed by atoms with Crippen LogP contribution in [0.1, 0.15) is 15.9 Å². The maximum Gasteiger partial charge on any atom is 0.171 e. The maximum absolute atomic E-state index is 13.2. The average Bonchev–Trinajstić information content (AvgIpc) is 2.38. The standard InChI is InChI=1S/C15H12BrFO2/c1-19-15-6-5-12(17)9-13(15)14(18)8-10-3-2-4-11(16)7-10/h2-7,9H,8H2,1H3. The first-order valence-electron chi connectivity index (χ1n) is 5.71. The molecule has 98 valence electrons. The lowest BCUT2D eigenvalue weighted by Gasteiger charge is -2.08. The van der Waals surface area contributed by atoms with E-state index in [1.54, 1.807) is 0 Å². The van der Waals surface area contributed by atoms with Crippen molar-refractivity contribution in [3.05, 3.63) is 63.9 Å². The number of hydrogen-bond donors (Lipinski definition) is 0. The van der Waals surface area contributed by atoms with Gasteiger partial charge < -0.3 is 4.74 Å². The van der Waals surface area contributed by atoms with Gasteiger partial charge in [-0.05, 0) is 35.9 Å². The monoisotopic (exact) mass is 322 g/mol. The zero-order chi connectivity index (χ0) is 13.8. The average molecular weight is 323 g/mol. The van der Waals surface area contributed by atoms with Gasteiger partial charge in [-0.15, -0.1) is 0 Å². The molecule has 0 heterocycles. The molecule has 0 amide bonds. The van der Waals surface area contributed by atoms with E-state index in [1.165, 1.54) is 25.3 Å². The van der Waals surface area contributed by atoms with Gasteiger partial charge in [0.1, 0.15) is 11.6 Å². The Hall–Kier alpha value is -1.68. The molecule has 0 saturated carbocycles. The summed E-state index contributed by atoms with van der Waals surface area (Å²) >= 11 is 3.35. The fourth-order valence-electron chi connectivity index (χ4n) is 1.83. The van der Waals surface area contributed by atoms with Crippen molar-refractivity contribution >= 4 is 21.7 Å². The molecule has 2 nitrogen and oxygen atoms in total. The summed E-state index contributed by atoms with van der Waals surface area (Å²) in [6, 6.07) is 11.4. The number of hydrogen-bond acceptors (Lipinski definition) is 2. The van der Waals surface area contributed by atoms with Crippen LogP contribution in [0.3, 0.4) is 0 Å². The van der Waals surface area contributed by atoms with Gasteiger partial charge in [0, 0.05) is 10.9 Å².